The fourth-order valence-electron chi connectivity index (χ4n) is 4.38. The van der Waals surface area contributed by atoms with Gasteiger partial charge in [-0.1, -0.05) is 0 Å². The molecular formula is C19H30N2O4. The van der Waals surface area contributed by atoms with Gasteiger partial charge in [0.05, 0.1) is 38.7 Å². The molecule has 0 amide bonds. The number of nitrogens with zero attached hydrogens (tertiary/aromatic N) is 2. The van der Waals surface area contributed by atoms with Crippen molar-refractivity contribution in [3.63, 3.8) is 0 Å². The first-order chi connectivity index (χ1) is 12.2. The molecule has 0 N–H and O–H groups in total. The molecule has 3 aliphatic heterocycles. The van der Waals surface area contributed by atoms with E-state index in [4.69, 9.17) is 18.6 Å². The Labute approximate surface area is 150 Å². The maximum Gasteiger partial charge on any atom is 0.117 e. The van der Waals surface area contributed by atoms with Gasteiger partial charge in [0.2, 0.25) is 0 Å². The largest absolute Gasteiger partial charge is 0.468 e. The normalized spacial score (nSPS) is 34.2. The molecule has 4 heterocycles. The highest BCUT2D eigenvalue weighted by molar-refractivity contribution is 4.99. The predicted molar refractivity (Wildman–Crippen MR) is 93.5 cm³/mol. The number of hydrogen-bond donors (Lipinski definition) is 0. The van der Waals surface area contributed by atoms with Crippen LogP contribution in [0, 0.1) is 0 Å². The highest BCUT2D eigenvalue weighted by Crippen LogP contribution is 2.34. The third kappa shape index (κ3) is 4.26. The Balaban J connectivity index is 1.33. The summed E-state index contributed by atoms with van der Waals surface area (Å²) >= 11 is 0. The second-order valence-corrected chi connectivity index (χ2v) is 7.78. The van der Waals surface area contributed by atoms with Crippen LogP contribution >= 0.6 is 0 Å². The standard InChI is InChI=1S/C19H30N2O4/c1-20(11-17-3-2-8-24-17)12-18-4-6-19(25-18)14-21(7-10-23-15-19)16-5-9-22-13-16/h2-3,8,16,18H,4-7,9-15H2,1H3/t16-,18+,19+/m1/s1. The molecule has 0 aromatic carbocycles. The number of likely N-dealkylation sites (N-methyl/N-ethyl adjacent to an activating group) is 1. The molecule has 3 saturated heterocycles. The van der Waals surface area contributed by atoms with Crippen LogP contribution in [0.25, 0.3) is 0 Å². The summed E-state index contributed by atoms with van der Waals surface area (Å²) in [6.07, 6.45) is 5.31. The smallest absolute Gasteiger partial charge is 0.117 e. The van der Waals surface area contributed by atoms with Crippen LogP contribution in [0.4, 0.5) is 0 Å². The summed E-state index contributed by atoms with van der Waals surface area (Å²) in [6.45, 7) is 6.96. The molecule has 3 fully saturated rings. The second kappa shape index (κ2) is 7.76. The molecule has 0 radical (unpaired) electrons. The van der Waals surface area contributed by atoms with Crippen LogP contribution in [0.2, 0.25) is 0 Å². The van der Waals surface area contributed by atoms with Gasteiger partial charge >= 0.3 is 0 Å². The molecule has 4 rings (SSSR count). The van der Waals surface area contributed by atoms with E-state index in [1.165, 1.54) is 0 Å². The van der Waals surface area contributed by atoms with Gasteiger partial charge in [-0.25, -0.2) is 0 Å². The zero-order chi connectivity index (χ0) is 17.1. The summed E-state index contributed by atoms with van der Waals surface area (Å²) in [6, 6.07) is 4.49. The maximum atomic E-state index is 6.57. The minimum atomic E-state index is -0.144. The third-order valence-corrected chi connectivity index (χ3v) is 5.66. The Kier molecular flexibility index (Phi) is 5.43. The molecule has 0 bridgehead atoms. The maximum absolute atomic E-state index is 6.57. The topological polar surface area (TPSA) is 47.3 Å². The van der Waals surface area contributed by atoms with Crippen LogP contribution in [-0.4, -0.2) is 80.7 Å². The van der Waals surface area contributed by atoms with Crippen molar-refractivity contribution in [1.82, 2.24) is 9.80 Å². The average Bonchev–Trinajstić information content (AvgIpc) is 3.31. The van der Waals surface area contributed by atoms with Crippen LogP contribution in [-0.2, 0) is 20.8 Å². The molecule has 1 spiro atoms. The van der Waals surface area contributed by atoms with Gasteiger partial charge in [0.1, 0.15) is 11.4 Å². The zero-order valence-electron chi connectivity index (χ0n) is 15.2. The lowest BCUT2D eigenvalue weighted by atomic mass is 9.99. The van der Waals surface area contributed by atoms with E-state index in [1.54, 1.807) is 6.26 Å². The Morgan fingerprint density at radius 1 is 1.28 bits per heavy atom. The Morgan fingerprint density at radius 2 is 2.24 bits per heavy atom. The molecule has 1 aromatic heterocycles. The molecule has 1 aromatic rings. The molecule has 0 saturated carbocycles. The average molecular weight is 350 g/mol. The van der Waals surface area contributed by atoms with E-state index in [1.807, 2.05) is 12.1 Å². The first-order valence-corrected chi connectivity index (χ1v) is 9.51. The molecule has 0 unspecified atom stereocenters. The molecular weight excluding hydrogens is 320 g/mol. The van der Waals surface area contributed by atoms with Gasteiger partial charge < -0.3 is 18.6 Å². The fraction of sp³-hybridized carbons (Fsp3) is 0.789. The van der Waals surface area contributed by atoms with Gasteiger partial charge in [-0.15, -0.1) is 0 Å². The molecule has 0 aliphatic carbocycles. The number of hydrogen-bond acceptors (Lipinski definition) is 6. The summed E-state index contributed by atoms with van der Waals surface area (Å²) in [7, 11) is 2.13. The molecule has 3 atom stereocenters. The molecule has 6 heteroatoms. The number of rotatable bonds is 5. The van der Waals surface area contributed by atoms with Crippen molar-refractivity contribution < 1.29 is 18.6 Å². The Bertz CT molecular complexity index is 532. The Hall–Kier alpha value is -0.920. The van der Waals surface area contributed by atoms with Crippen LogP contribution in [0.3, 0.4) is 0 Å². The quantitative estimate of drug-likeness (QED) is 0.806. The fourth-order valence-corrected chi connectivity index (χ4v) is 4.38. The minimum absolute atomic E-state index is 0.144. The minimum Gasteiger partial charge on any atom is -0.468 e. The summed E-state index contributed by atoms with van der Waals surface area (Å²) in [4.78, 5) is 4.82. The van der Waals surface area contributed by atoms with Crippen LogP contribution in [0.15, 0.2) is 22.8 Å². The van der Waals surface area contributed by atoms with E-state index in [0.717, 1.165) is 77.6 Å². The molecule has 140 valence electrons. The highest BCUT2D eigenvalue weighted by Gasteiger charge is 2.44. The zero-order valence-corrected chi connectivity index (χ0v) is 15.2. The van der Waals surface area contributed by atoms with E-state index in [-0.39, 0.29) is 11.7 Å². The van der Waals surface area contributed by atoms with Crippen LogP contribution in [0.1, 0.15) is 25.0 Å². The molecule has 25 heavy (non-hydrogen) atoms. The van der Waals surface area contributed by atoms with Gasteiger partial charge in [-0.05, 0) is 38.4 Å². The van der Waals surface area contributed by atoms with E-state index in [0.29, 0.717) is 6.04 Å². The summed E-state index contributed by atoms with van der Waals surface area (Å²) < 4.78 is 23.5. The lowest BCUT2D eigenvalue weighted by molar-refractivity contribution is -0.0936. The van der Waals surface area contributed by atoms with Crippen molar-refractivity contribution in [2.75, 3.05) is 53.1 Å². The van der Waals surface area contributed by atoms with E-state index in [2.05, 4.69) is 16.8 Å². The van der Waals surface area contributed by atoms with Crippen molar-refractivity contribution in [2.45, 2.75) is 43.6 Å². The van der Waals surface area contributed by atoms with E-state index in [9.17, 15) is 0 Å². The monoisotopic (exact) mass is 350 g/mol. The second-order valence-electron chi connectivity index (χ2n) is 7.78. The van der Waals surface area contributed by atoms with Crippen LogP contribution < -0.4 is 0 Å². The van der Waals surface area contributed by atoms with Gasteiger partial charge in [-0.3, -0.25) is 9.80 Å². The van der Waals surface area contributed by atoms with Crippen molar-refractivity contribution in [3.8, 4) is 0 Å². The van der Waals surface area contributed by atoms with Gasteiger partial charge in [0, 0.05) is 32.3 Å². The Morgan fingerprint density at radius 3 is 3.04 bits per heavy atom. The van der Waals surface area contributed by atoms with Crippen molar-refractivity contribution in [3.05, 3.63) is 24.2 Å². The lowest BCUT2D eigenvalue weighted by Gasteiger charge is -2.34. The van der Waals surface area contributed by atoms with Gasteiger partial charge in [-0.2, -0.15) is 0 Å². The van der Waals surface area contributed by atoms with Crippen molar-refractivity contribution >= 4 is 0 Å². The van der Waals surface area contributed by atoms with E-state index >= 15 is 0 Å². The van der Waals surface area contributed by atoms with Crippen molar-refractivity contribution in [1.29, 1.82) is 0 Å². The SMILES string of the molecule is CN(Cc1ccco1)C[C@@H]1CC[C@]2(COCCN([C@@H]3CCOC3)C2)O1. The third-order valence-electron chi connectivity index (χ3n) is 5.66. The molecule has 3 aliphatic rings. The summed E-state index contributed by atoms with van der Waals surface area (Å²) in [5, 5.41) is 0. The number of furan rings is 1. The molecule has 6 nitrogen and oxygen atoms in total. The van der Waals surface area contributed by atoms with Crippen LogP contribution in [0.5, 0.6) is 0 Å². The summed E-state index contributed by atoms with van der Waals surface area (Å²) in [5.74, 6) is 1.00. The van der Waals surface area contributed by atoms with E-state index < -0.39 is 0 Å². The lowest BCUT2D eigenvalue weighted by Crippen LogP contribution is -2.48. The predicted octanol–water partition coefficient (Wildman–Crippen LogP) is 1.75. The number of ether oxygens (including phenoxy) is 3. The van der Waals surface area contributed by atoms with Crippen molar-refractivity contribution in [2.24, 2.45) is 0 Å². The summed E-state index contributed by atoms with van der Waals surface area (Å²) in [5.41, 5.74) is -0.144. The van der Waals surface area contributed by atoms with Gasteiger partial charge in [0.15, 0.2) is 0 Å². The van der Waals surface area contributed by atoms with Gasteiger partial charge in [0.25, 0.3) is 0 Å². The first-order valence-electron chi connectivity index (χ1n) is 9.51. The highest BCUT2D eigenvalue weighted by atomic mass is 16.6. The first kappa shape index (κ1) is 17.5.